The number of rotatable bonds is 3. The summed E-state index contributed by atoms with van der Waals surface area (Å²) in [6.07, 6.45) is 3.79. The molecule has 6 heteroatoms. The lowest BCUT2D eigenvalue weighted by Crippen LogP contribution is -2.43. The average molecular weight is 300 g/mol. The van der Waals surface area contributed by atoms with Crippen LogP contribution < -0.4 is 0 Å². The highest BCUT2D eigenvalue weighted by Crippen LogP contribution is 2.25. The van der Waals surface area contributed by atoms with Crippen LogP contribution in [0.25, 0.3) is 11.0 Å². The number of hydrogen-bond donors (Lipinski definition) is 1. The van der Waals surface area contributed by atoms with Gasteiger partial charge < -0.3 is 14.9 Å². The molecule has 3 rings (SSSR count). The molecule has 1 fully saturated rings. The Morgan fingerprint density at radius 3 is 2.91 bits per heavy atom. The Balaban J connectivity index is 1.85. The lowest BCUT2D eigenvalue weighted by Gasteiger charge is -2.26. The van der Waals surface area contributed by atoms with E-state index < -0.39 is 5.60 Å². The highest BCUT2D eigenvalue weighted by molar-refractivity contribution is 6.04. The van der Waals surface area contributed by atoms with Crippen LogP contribution in [-0.2, 0) is 0 Å². The van der Waals surface area contributed by atoms with Crippen LogP contribution in [0.1, 0.15) is 16.8 Å². The average Bonchev–Trinajstić information content (AvgIpc) is 2.87. The number of likely N-dealkylation sites (N-methyl/N-ethyl adjacent to an activating group) is 1. The SMILES string of the molecule is CN(C)C[C@]1(O)CCN(C(=O)c2cccc3nccnc23)C1. The topological polar surface area (TPSA) is 69.6 Å². The first-order valence-electron chi connectivity index (χ1n) is 7.35. The van der Waals surface area contributed by atoms with Crippen molar-refractivity contribution in [2.45, 2.75) is 12.0 Å². The summed E-state index contributed by atoms with van der Waals surface area (Å²) in [5.74, 6) is -0.0965. The zero-order valence-corrected chi connectivity index (χ0v) is 12.9. The van der Waals surface area contributed by atoms with E-state index in [4.69, 9.17) is 0 Å². The van der Waals surface area contributed by atoms with Gasteiger partial charge in [-0.2, -0.15) is 0 Å². The number of likely N-dealkylation sites (tertiary alicyclic amines) is 1. The zero-order valence-electron chi connectivity index (χ0n) is 12.9. The fourth-order valence-electron chi connectivity index (χ4n) is 3.08. The molecule has 0 radical (unpaired) electrons. The molecule has 0 aliphatic carbocycles. The Hall–Kier alpha value is -2.05. The molecule has 1 aliphatic rings. The lowest BCUT2D eigenvalue weighted by molar-refractivity contribution is 0.0236. The van der Waals surface area contributed by atoms with Gasteiger partial charge >= 0.3 is 0 Å². The summed E-state index contributed by atoms with van der Waals surface area (Å²) in [5.41, 5.74) is 1.02. The van der Waals surface area contributed by atoms with Crippen molar-refractivity contribution >= 4 is 16.9 Å². The maximum Gasteiger partial charge on any atom is 0.256 e. The van der Waals surface area contributed by atoms with Gasteiger partial charge in [0.1, 0.15) is 5.52 Å². The predicted molar refractivity (Wildman–Crippen MR) is 83.6 cm³/mol. The van der Waals surface area contributed by atoms with Crippen LogP contribution in [0.5, 0.6) is 0 Å². The van der Waals surface area contributed by atoms with Crippen LogP contribution >= 0.6 is 0 Å². The number of fused-ring (bicyclic) bond motifs is 1. The highest BCUT2D eigenvalue weighted by atomic mass is 16.3. The first-order valence-corrected chi connectivity index (χ1v) is 7.35. The minimum atomic E-state index is -0.838. The smallest absolute Gasteiger partial charge is 0.256 e. The summed E-state index contributed by atoms with van der Waals surface area (Å²) in [6.45, 7) is 1.45. The lowest BCUT2D eigenvalue weighted by atomic mass is 10.0. The van der Waals surface area contributed by atoms with Gasteiger partial charge in [0, 0.05) is 25.5 Å². The quantitative estimate of drug-likeness (QED) is 0.906. The second-order valence-corrected chi connectivity index (χ2v) is 6.17. The van der Waals surface area contributed by atoms with E-state index in [0.717, 1.165) is 0 Å². The molecule has 116 valence electrons. The zero-order chi connectivity index (χ0) is 15.7. The number of carbonyl (C=O) groups is 1. The number of carbonyl (C=O) groups excluding carboxylic acids is 1. The Labute approximate surface area is 129 Å². The van der Waals surface area contributed by atoms with Gasteiger partial charge in [-0.25, -0.2) is 0 Å². The van der Waals surface area contributed by atoms with Crippen molar-refractivity contribution in [1.29, 1.82) is 0 Å². The Kier molecular flexibility index (Phi) is 3.80. The molecular weight excluding hydrogens is 280 g/mol. The monoisotopic (exact) mass is 300 g/mol. The number of aliphatic hydroxyl groups is 1. The number of β-amino-alcohol motifs (C(OH)–C–C–N with tert-alkyl or cyclic N) is 1. The van der Waals surface area contributed by atoms with E-state index in [2.05, 4.69) is 9.97 Å². The van der Waals surface area contributed by atoms with Gasteiger partial charge in [-0.15, -0.1) is 0 Å². The van der Waals surface area contributed by atoms with Gasteiger partial charge in [-0.05, 0) is 32.6 Å². The summed E-state index contributed by atoms with van der Waals surface area (Å²) in [6, 6.07) is 5.42. The molecule has 0 saturated carbocycles. The van der Waals surface area contributed by atoms with Gasteiger partial charge in [0.15, 0.2) is 0 Å². The fraction of sp³-hybridized carbons (Fsp3) is 0.438. The Morgan fingerprint density at radius 1 is 1.36 bits per heavy atom. The van der Waals surface area contributed by atoms with Crippen LogP contribution in [0, 0.1) is 0 Å². The number of aromatic nitrogens is 2. The van der Waals surface area contributed by atoms with Crippen molar-refractivity contribution < 1.29 is 9.90 Å². The molecule has 1 atom stereocenters. The minimum absolute atomic E-state index is 0.0965. The van der Waals surface area contributed by atoms with Crippen LogP contribution in [-0.4, -0.2) is 70.1 Å². The Bertz CT molecular complexity index is 698. The number of para-hydroxylation sites is 1. The minimum Gasteiger partial charge on any atom is -0.387 e. The molecule has 1 aromatic carbocycles. The summed E-state index contributed by atoms with van der Waals surface area (Å²) in [7, 11) is 3.84. The molecular formula is C16H20N4O2. The van der Waals surface area contributed by atoms with E-state index in [0.29, 0.717) is 42.7 Å². The van der Waals surface area contributed by atoms with Crippen molar-refractivity contribution in [3.8, 4) is 0 Å². The molecule has 6 nitrogen and oxygen atoms in total. The van der Waals surface area contributed by atoms with Crippen LogP contribution in [0.2, 0.25) is 0 Å². The first-order chi connectivity index (χ1) is 10.5. The van der Waals surface area contributed by atoms with E-state index in [9.17, 15) is 9.90 Å². The maximum atomic E-state index is 12.8. The predicted octanol–water partition coefficient (Wildman–Crippen LogP) is 0.768. The van der Waals surface area contributed by atoms with Gasteiger partial charge in [-0.1, -0.05) is 6.07 Å². The van der Waals surface area contributed by atoms with Crippen molar-refractivity contribution in [2.75, 3.05) is 33.7 Å². The summed E-state index contributed by atoms with van der Waals surface area (Å²) in [5, 5.41) is 10.6. The van der Waals surface area contributed by atoms with Gasteiger partial charge in [0.05, 0.1) is 23.2 Å². The largest absolute Gasteiger partial charge is 0.387 e. The number of amides is 1. The van der Waals surface area contributed by atoms with Gasteiger partial charge in [0.25, 0.3) is 5.91 Å². The first kappa shape index (κ1) is 14.9. The third kappa shape index (κ3) is 2.80. The van der Waals surface area contributed by atoms with E-state index >= 15 is 0 Å². The molecule has 1 amide bonds. The molecule has 2 heterocycles. The highest BCUT2D eigenvalue weighted by Gasteiger charge is 2.39. The summed E-state index contributed by atoms with van der Waals surface area (Å²) < 4.78 is 0. The normalized spacial score (nSPS) is 21.7. The molecule has 0 bridgehead atoms. The number of hydrogen-bond acceptors (Lipinski definition) is 5. The molecule has 0 unspecified atom stereocenters. The van der Waals surface area contributed by atoms with Crippen LogP contribution in [0.3, 0.4) is 0 Å². The van der Waals surface area contributed by atoms with E-state index in [1.165, 1.54) is 0 Å². The second-order valence-electron chi connectivity index (χ2n) is 6.17. The molecule has 1 aromatic heterocycles. The standard InChI is InChI=1S/C16H20N4O2/c1-19(2)10-16(22)6-9-20(11-16)15(21)12-4-3-5-13-14(12)18-8-7-17-13/h3-5,7-8,22H,6,9-11H2,1-2H3/t16-/m1/s1. The molecule has 1 saturated heterocycles. The summed E-state index contributed by atoms with van der Waals surface area (Å²) >= 11 is 0. The van der Waals surface area contributed by atoms with Crippen molar-refractivity contribution in [3.05, 3.63) is 36.2 Å². The van der Waals surface area contributed by atoms with Crippen LogP contribution in [0.15, 0.2) is 30.6 Å². The van der Waals surface area contributed by atoms with Crippen molar-refractivity contribution in [3.63, 3.8) is 0 Å². The molecule has 22 heavy (non-hydrogen) atoms. The van der Waals surface area contributed by atoms with Crippen molar-refractivity contribution in [1.82, 2.24) is 19.8 Å². The molecule has 1 aliphatic heterocycles. The van der Waals surface area contributed by atoms with Crippen LogP contribution in [0.4, 0.5) is 0 Å². The van der Waals surface area contributed by atoms with Gasteiger partial charge in [-0.3, -0.25) is 14.8 Å². The van der Waals surface area contributed by atoms with Gasteiger partial charge in [0.2, 0.25) is 0 Å². The molecule has 0 spiro atoms. The molecule has 2 aromatic rings. The van der Waals surface area contributed by atoms with E-state index in [-0.39, 0.29) is 5.91 Å². The third-order valence-corrected chi connectivity index (χ3v) is 3.96. The van der Waals surface area contributed by atoms with E-state index in [1.54, 1.807) is 23.4 Å². The third-order valence-electron chi connectivity index (χ3n) is 3.96. The second kappa shape index (κ2) is 5.62. The van der Waals surface area contributed by atoms with E-state index in [1.807, 2.05) is 31.1 Å². The fourth-order valence-corrected chi connectivity index (χ4v) is 3.08. The van der Waals surface area contributed by atoms with Crippen molar-refractivity contribution in [2.24, 2.45) is 0 Å². The Morgan fingerprint density at radius 2 is 2.14 bits per heavy atom. The number of nitrogens with zero attached hydrogens (tertiary/aromatic N) is 4. The molecule has 1 N–H and O–H groups in total. The number of benzene rings is 1. The maximum absolute atomic E-state index is 12.8. The summed E-state index contributed by atoms with van der Waals surface area (Å²) in [4.78, 5) is 24.9.